The first-order chi connectivity index (χ1) is 17.8. The molecule has 0 radical (unpaired) electrons. The van der Waals surface area contributed by atoms with Crippen LogP contribution in [0.4, 0.5) is 8.78 Å². The van der Waals surface area contributed by atoms with E-state index >= 15 is 0 Å². The van der Waals surface area contributed by atoms with Gasteiger partial charge in [0.25, 0.3) is 11.8 Å². The first kappa shape index (κ1) is 27.1. The molecule has 6 nitrogen and oxygen atoms in total. The van der Waals surface area contributed by atoms with E-state index in [1.807, 2.05) is 24.3 Å². The van der Waals surface area contributed by atoms with Crippen molar-refractivity contribution in [1.82, 2.24) is 19.7 Å². The quantitative estimate of drug-likeness (QED) is 0.175. The molecule has 188 valence electrons. The summed E-state index contributed by atoms with van der Waals surface area (Å²) in [6.07, 6.45) is 5.78. The molecule has 0 saturated heterocycles. The predicted octanol–water partition coefficient (Wildman–Crippen LogP) is 8.78. The fraction of sp³-hybridized carbons (Fsp3) is 0. The van der Waals surface area contributed by atoms with Crippen LogP contribution in [-0.2, 0) is 0 Å². The summed E-state index contributed by atoms with van der Waals surface area (Å²) in [5.41, 5.74) is 0.612. The van der Waals surface area contributed by atoms with Crippen molar-refractivity contribution in [2.45, 2.75) is 0 Å². The lowest BCUT2D eigenvalue weighted by atomic mass is 10.3. The lowest BCUT2D eigenvalue weighted by Gasteiger charge is -2.10. The average Bonchev–Trinajstić information content (AvgIpc) is 3.31. The van der Waals surface area contributed by atoms with Crippen LogP contribution in [0.25, 0.3) is 5.69 Å². The van der Waals surface area contributed by atoms with Crippen molar-refractivity contribution in [3.8, 4) is 28.9 Å². The minimum Gasteiger partial charge on any atom is -0.435 e. The second-order valence-corrected chi connectivity index (χ2v) is 9.56. The predicted molar refractivity (Wildman–Crippen MR) is 146 cm³/mol. The van der Waals surface area contributed by atoms with Crippen LogP contribution in [0.5, 0.6) is 23.3 Å². The maximum Gasteiger partial charge on any atom is 0.256 e. The van der Waals surface area contributed by atoms with Crippen LogP contribution < -0.4 is 9.47 Å². The zero-order valence-electron chi connectivity index (χ0n) is 18.5. The Morgan fingerprint density at radius 1 is 0.703 bits per heavy atom. The van der Waals surface area contributed by atoms with E-state index in [0.717, 1.165) is 9.64 Å². The Balaban J connectivity index is 0.000000180. The number of rotatable bonds is 5. The van der Waals surface area contributed by atoms with Gasteiger partial charge in [0.05, 0.1) is 24.8 Å². The van der Waals surface area contributed by atoms with Gasteiger partial charge in [-0.1, -0.05) is 59.1 Å². The first-order valence-corrected chi connectivity index (χ1v) is 12.5. The molecule has 0 spiro atoms. The molecule has 0 aliphatic rings. The smallest absolute Gasteiger partial charge is 0.256 e. The van der Waals surface area contributed by atoms with E-state index in [2.05, 4.69) is 37.7 Å². The highest BCUT2D eigenvalue weighted by atomic mass is 127. The summed E-state index contributed by atoms with van der Waals surface area (Å²) in [6.45, 7) is 0. The van der Waals surface area contributed by atoms with Crippen LogP contribution in [0.2, 0.25) is 15.1 Å². The number of para-hydroxylation sites is 3. The minimum atomic E-state index is -0.643. The largest absolute Gasteiger partial charge is 0.435 e. The second-order valence-electron chi connectivity index (χ2n) is 7.09. The number of hydrogen-bond acceptors (Lipinski definition) is 5. The third-order valence-electron chi connectivity index (χ3n) is 4.46. The Hall–Kier alpha value is -2.99. The van der Waals surface area contributed by atoms with Crippen LogP contribution in [0.1, 0.15) is 0 Å². The maximum absolute atomic E-state index is 13.8. The highest BCUT2D eigenvalue weighted by molar-refractivity contribution is 14.1. The number of halogens is 6. The van der Waals surface area contributed by atoms with Crippen LogP contribution in [0.15, 0.2) is 85.5 Å². The topological polar surface area (TPSA) is 62.1 Å². The van der Waals surface area contributed by atoms with E-state index in [-0.39, 0.29) is 21.8 Å². The van der Waals surface area contributed by atoms with Crippen molar-refractivity contribution in [2.24, 2.45) is 0 Å². The van der Waals surface area contributed by atoms with E-state index in [9.17, 15) is 8.78 Å². The Morgan fingerprint density at radius 3 is 1.78 bits per heavy atom. The third-order valence-corrected chi connectivity index (χ3v) is 5.96. The van der Waals surface area contributed by atoms with Gasteiger partial charge in [0.1, 0.15) is 11.4 Å². The molecule has 0 bridgehead atoms. The van der Waals surface area contributed by atoms with Gasteiger partial charge < -0.3 is 9.47 Å². The van der Waals surface area contributed by atoms with Gasteiger partial charge in [-0.05, 0) is 59.0 Å². The number of aromatic nitrogens is 4. The van der Waals surface area contributed by atoms with Gasteiger partial charge in [-0.25, -0.2) is 23.4 Å². The van der Waals surface area contributed by atoms with Gasteiger partial charge in [0.2, 0.25) is 0 Å². The molecule has 0 unspecified atom stereocenters. The third kappa shape index (κ3) is 7.29. The lowest BCUT2D eigenvalue weighted by molar-refractivity contribution is 0.420. The number of hydrogen-bond donors (Lipinski definition) is 0. The molecule has 37 heavy (non-hydrogen) atoms. The first-order valence-electron chi connectivity index (χ1n) is 10.3. The van der Waals surface area contributed by atoms with E-state index in [4.69, 9.17) is 44.3 Å². The fourth-order valence-electron chi connectivity index (χ4n) is 2.86. The summed E-state index contributed by atoms with van der Waals surface area (Å²) >= 11 is 19.2. The van der Waals surface area contributed by atoms with Crippen molar-refractivity contribution in [1.29, 1.82) is 0 Å². The zero-order chi connectivity index (χ0) is 26.4. The summed E-state index contributed by atoms with van der Waals surface area (Å²) in [7, 11) is 0. The molecular weight excluding hydrogens is 660 g/mol. The average molecular weight is 674 g/mol. The molecule has 0 N–H and O–H groups in total. The normalized spacial score (nSPS) is 10.4. The zero-order valence-corrected chi connectivity index (χ0v) is 22.9. The molecule has 2 aromatic carbocycles. The van der Waals surface area contributed by atoms with E-state index in [0.29, 0.717) is 22.2 Å². The molecule has 5 rings (SSSR count). The molecule has 0 fully saturated rings. The molecule has 0 saturated carbocycles. The van der Waals surface area contributed by atoms with Crippen LogP contribution in [0.3, 0.4) is 0 Å². The highest BCUT2D eigenvalue weighted by Gasteiger charge is 2.12. The molecule has 3 heterocycles. The van der Waals surface area contributed by atoms with E-state index < -0.39 is 11.6 Å². The van der Waals surface area contributed by atoms with Gasteiger partial charge in [0, 0.05) is 18.6 Å². The van der Waals surface area contributed by atoms with Crippen LogP contribution >= 0.6 is 57.4 Å². The standard InChI is InChI=1S/C14H8Cl2FN3O.C11H6ClFINO/c15-9-5-11(17)14(18-6-9)21-13-4-2-1-3-12(13)20-8-10(16)7-19-20;12-7-5-8(13)11(15-6-7)16-10-4-2-1-3-9(10)14/h1-8H;1-6H. The van der Waals surface area contributed by atoms with Gasteiger partial charge in [0.15, 0.2) is 17.4 Å². The summed E-state index contributed by atoms with van der Waals surface area (Å²) in [5.74, 6) is -0.496. The van der Waals surface area contributed by atoms with Gasteiger partial charge in [-0.2, -0.15) is 5.10 Å². The second kappa shape index (κ2) is 12.5. The molecule has 3 aromatic heterocycles. The molecule has 12 heteroatoms. The van der Waals surface area contributed by atoms with E-state index in [1.165, 1.54) is 29.3 Å². The van der Waals surface area contributed by atoms with Crippen molar-refractivity contribution in [3.63, 3.8) is 0 Å². The van der Waals surface area contributed by atoms with Crippen molar-refractivity contribution in [2.75, 3.05) is 0 Å². The Bertz CT molecular complexity index is 1540. The van der Waals surface area contributed by atoms with Crippen molar-refractivity contribution >= 4 is 57.4 Å². The lowest BCUT2D eigenvalue weighted by Crippen LogP contribution is -1.99. The van der Waals surface area contributed by atoms with Crippen LogP contribution in [-0.4, -0.2) is 19.7 Å². The number of pyridine rings is 2. The maximum atomic E-state index is 13.8. The van der Waals surface area contributed by atoms with Crippen molar-refractivity contribution in [3.05, 3.63) is 116 Å². The summed E-state index contributed by atoms with van der Waals surface area (Å²) in [6, 6.07) is 16.6. The Morgan fingerprint density at radius 2 is 1.24 bits per heavy atom. The fourth-order valence-corrected chi connectivity index (χ4v) is 3.78. The highest BCUT2D eigenvalue weighted by Crippen LogP contribution is 2.30. The Kier molecular flexibility index (Phi) is 9.14. The van der Waals surface area contributed by atoms with Gasteiger partial charge >= 0.3 is 0 Å². The number of ether oxygens (including phenoxy) is 2. The van der Waals surface area contributed by atoms with Crippen LogP contribution in [0, 0.1) is 15.2 Å². The molecule has 0 amide bonds. The minimum absolute atomic E-state index is 0.0754. The molecule has 0 aliphatic heterocycles. The Labute approximate surface area is 238 Å². The summed E-state index contributed by atoms with van der Waals surface area (Å²) < 4.78 is 40.4. The SMILES string of the molecule is Fc1cc(Cl)cnc1Oc1ccccc1-n1cc(Cl)cn1.Fc1cc(Cl)cnc1Oc1ccccc1I. The monoisotopic (exact) mass is 672 g/mol. The summed E-state index contributed by atoms with van der Waals surface area (Å²) in [5, 5.41) is 5.03. The number of nitrogens with zero attached hydrogens (tertiary/aromatic N) is 4. The van der Waals surface area contributed by atoms with Crippen molar-refractivity contribution < 1.29 is 18.3 Å². The molecule has 5 aromatic rings. The molecular formula is C25H14Cl3F2IN4O2. The van der Waals surface area contributed by atoms with Gasteiger partial charge in [-0.3, -0.25) is 0 Å². The van der Waals surface area contributed by atoms with Gasteiger partial charge in [-0.15, -0.1) is 0 Å². The van der Waals surface area contributed by atoms with E-state index in [1.54, 1.807) is 30.5 Å². The number of benzene rings is 2. The molecule has 0 aliphatic carbocycles. The molecule has 0 atom stereocenters. The summed E-state index contributed by atoms with van der Waals surface area (Å²) in [4.78, 5) is 7.61.